The van der Waals surface area contributed by atoms with Crippen LogP contribution in [0.25, 0.3) is 0 Å². The predicted octanol–water partition coefficient (Wildman–Crippen LogP) is 2.43. The van der Waals surface area contributed by atoms with Crippen LogP contribution >= 0.6 is 0 Å². The van der Waals surface area contributed by atoms with E-state index in [-0.39, 0.29) is 24.8 Å². The van der Waals surface area contributed by atoms with Crippen LogP contribution in [0.5, 0.6) is 11.5 Å². The minimum Gasteiger partial charge on any atom is -0.493 e. The maximum Gasteiger partial charge on any atom is 0.262 e. The Hall–Kier alpha value is -3.02. The Morgan fingerprint density at radius 3 is 2.87 bits per heavy atom. The molecule has 118 valence electrons. The van der Waals surface area contributed by atoms with Crippen molar-refractivity contribution in [2.45, 2.75) is 6.42 Å². The Balaban J connectivity index is 1.52. The highest BCUT2D eigenvalue weighted by molar-refractivity contribution is 5.97. The molecular formula is C17H16N2O4. The topological polar surface area (TPSA) is 76.7 Å². The molecule has 6 heteroatoms. The molecule has 0 fully saturated rings. The Kier molecular flexibility index (Phi) is 4.42. The fourth-order valence-electron chi connectivity index (χ4n) is 2.16. The molecule has 0 saturated heterocycles. The predicted molar refractivity (Wildman–Crippen MR) is 85.8 cm³/mol. The average molecular weight is 312 g/mol. The summed E-state index contributed by atoms with van der Waals surface area (Å²) in [5.41, 5.74) is 1.15. The van der Waals surface area contributed by atoms with Crippen LogP contribution in [-0.2, 0) is 9.59 Å². The van der Waals surface area contributed by atoms with Gasteiger partial charge >= 0.3 is 0 Å². The summed E-state index contributed by atoms with van der Waals surface area (Å²) >= 11 is 0. The molecule has 0 unspecified atom stereocenters. The zero-order valence-corrected chi connectivity index (χ0v) is 12.4. The molecule has 0 radical (unpaired) electrons. The number of para-hydroxylation sites is 1. The second-order valence-corrected chi connectivity index (χ2v) is 5.01. The second-order valence-electron chi connectivity index (χ2n) is 5.01. The van der Waals surface area contributed by atoms with Gasteiger partial charge in [0.2, 0.25) is 5.91 Å². The normalized spacial score (nSPS) is 12.6. The standard InChI is InChI=1S/C17H16N2O4/c20-16(8-9-22-13-4-2-1-3-5-13)18-12-6-7-15-14(10-12)19-17(21)11-23-15/h1-7,10H,8-9,11H2,(H,18,20)(H,19,21). The van der Waals surface area contributed by atoms with E-state index in [1.54, 1.807) is 18.2 Å². The molecular weight excluding hydrogens is 296 g/mol. The molecule has 1 aliphatic rings. The van der Waals surface area contributed by atoms with E-state index >= 15 is 0 Å². The van der Waals surface area contributed by atoms with Crippen molar-refractivity contribution in [3.63, 3.8) is 0 Å². The minimum absolute atomic E-state index is 0.00945. The molecule has 0 bridgehead atoms. The van der Waals surface area contributed by atoms with Crippen LogP contribution in [0.15, 0.2) is 48.5 Å². The minimum atomic E-state index is -0.211. The van der Waals surface area contributed by atoms with Gasteiger partial charge < -0.3 is 20.1 Å². The summed E-state index contributed by atoms with van der Waals surface area (Å²) in [6.45, 7) is 0.302. The van der Waals surface area contributed by atoms with E-state index < -0.39 is 0 Å². The zero-order chi connectivity index (χ0) is 16.1. The summed E-state index contributed by atoms with van der Waals surface area (Å²) in [6, 6.07) is 14.4. The van der Waals surface area contributed by atoms with E-state index in [1.807, 2.05) is 30.3 Å². The largest absolute Gasteiger partial charge is 0.493 e. The van der Waals surface area contributed by atoms with Crippen LogP contribution in [0.2, 0.25) is 0 Å². The number of nitrogens with one attached hydrogen (secondary N) is 2. The lowest BCUT2D eigenvalue weighted by Gasteiger charge is -2.18. The molecule has 2 amide bonds. The molecule has 2 aromatic carbocycles. The summed E-state index contributed by atoms with van der Waals surface area (Å²) in [4.78, 5) is 23.2. The van der Waals surface area contributed by atoms with Crippen molar-refractivity contribution in [1.29, 1.82) is 0 Å². The van der Waals surface area contributed by atoms with Crippen LogP contribution in [0.1, 0.15) is 6.42 Å². The van der Waals surface area contributed by atoms with Gasteiger partial charge in [0.25, 0.3) is 5.91 Å². The first kappa shape index (κ1) is 14.9. The van der Waals surface area contributed by atoms with Crippen LogP contribution in [-0.4, -0.2) is 25.0 Å². The van der Waals surface area contributed by atoms with Crippen molar-refractivity contribution >= 4 is 23.2 Å². The van der Waals surface area contributed by atoms with Gasteiger partial charge in [0.1, 0.15) is 11.5 Å². The number of carbonyl (C=O) groups excluding carboxylic acids is 2. The molecule has 1 aliphatic heterocycles. The molecule has 2 aromatic rings. The van der Waals surface area contributed by atoms with Crippen molar-refractivity contribution in [3.8, 4) is 11.5 Å². The fourth-order valence-corrected chi connectivity index (χ4v) is 2.16. The highest BCUT2D eigenvalue weighted by Crippen LogP contribution is 2.30. The number of anilines is 2. The molecule has 6 nitrogen and oxygen atoms in total. The van der Waals surface area contributed by atoms with E-state index in [0.29, 0.717) is 23.7 Å². The summed E-state index contributed by atoms with van der Waals surface area (Å²) in [6.07, 6.45) is 0.231. The molecule has 0 saturated carbocycles. The number of fused-ring (bicyclic) bond motifs is 1. The summed E-state index contributed by atoms with van der Waals surface area (Å²) in [5.74, 6) is 0.949. The van der Waals surface area contributed by atoms with Gasteiger partial charge in [-0.05, 0) is 30.3 Å². The van der Waals surface area contributed by atoms with Crippen LogP contribution in [0.3, 0.4) is 0 Å². The summed E-state index contributed by atoms with van der Waals surface area (Å²) in [7, 11) is 0. The first-order chi connectivity index (χ1) is 11.2. The van der Waals surface area contributed by atoms with Crippen molar-refractivity contribution < 1.29 is 19.1 Å². The molecule has 0 aliphatic carbocycles. The Bertz CT molecular complexity index is 716. The number of hydrogen-bond acceptors (Lipinski definition) is 4. The van der Waals surface area contributed by atoms with E-state index in [0.717, 1.165) is 5.75 Å². The second kappa shape index (κ2) is 6.83. The van der Waals surface area contributed by atoms with Gasteiger partial charge in [-0.15, -0.1) is 0 Å². The van der Waals surface area contributed by atoms with Gasteiger partial charge in [0.05, 0.1) is 18.7 Å². The summed E-state index contributed by atoms with van der Waals surface area (Å²) < 4.78 is 10.7. The van der Waals surface area contributed by atoms with E-state index in [9.17, 15) is 9.59 Å². The molecule has 0 atom stereocenters. The number of carbonyl (C=O) groups is 2. The van der Waals surface area contributed by atoms with Crippen molar-refractivity contribution in [3.05, 3.63) is 48.5 Å². The monoisotopic (exact) mass is 312 g/mol. The lowest BCUT2D eigenvalue weighted by atomic mass is 10.2. The van der Waals surface area contributed by atoms with Gasteiger partial charge in [-0.2, -0.15) is 0 Å². The molecule has 0 spiro atoms. The highest BCUT2D eigenvalue weighted by atomic mass is 16.5. The van der Waals surface area contributed by atoms with Gasteiger partial charge in [0, 0.05) is 5.69 Å². The number of benzene rings is 2. The van der Waals surface area contributed by atoms with E-state index in [4.69, 9.17) is 9.47 Å². The summed E-state index contributed by atoms with van der Waals surface area (Å²) in [5, 5.41) is 5.47. The van der Waals surface area contributed by atoms with E-state index in [2.05, 4.69) is 10.6 Å². The van der Waals surface area contributed by atoms with E-state index in [1.165, 1.54) is 0 Å². The van der Waals surface area contributed by atoms with Crippen molar-refractivity contribution in [1.82, 2.24) is 0 Å². The number of rotatable bonds is 5. The van der Waals surface area contributed by atoms with Gasteiger partial charge in [0.15, 0.2) is 6.61 Å². The third kappa shape index (κ3) is 4.00. The first-order valence-electron chi connectivity index (χ1n) is 7.25. The quantitative estimate of drug-likeness (QED) is 0.889. The van der Waals surface area contributed by atoms with Gasteiger partial charge in [-0.1, -0.05) is 18.2 Å². The van der Waals surface area contributed by atoms with Gasteiger partial charge in [-0.25, -0.2) is 0 Å². The van der Waals surface area contributed by atoms with Crippen LogP contribution in [0, 0.1) is 0 Å². The van der Waals surface area contributed by atoms with Crippen LogP contribution < -0.4 is 20.1 Å². The molecule has 3 rings (SSSR count). The zero-order valence-electron chi connectivity index (χ0n) is 12.4. The average Bonchev–Trinajstić information content (AvgIpc) is 2.55. The van der Waals surface area contributed by atoms with Crippen molar-refractivity contribution in [2.75, 3.05) is 23.8 Å². The molecule has 2 N–H and O–H groups in total. The lowest BCUT2D eigenvalue weighted by Crippen LogP contribution is -2.25. The smallest absolute Gasteiger partial charge is 0.262 e. The van der Waals surface area contributed by atoms with Gasteiger partial charge in [-0.3, -0.25) is 9.59 Å². The maximum absolute atomic E-state index is 11.9. The molecule has 23 heavy (non-hydrogen) atoms. The highest BCUT2D eigenvalue weighted by Gasteiger charge is 2.16. The first-order valence-corrected chi connectivity index (χ1v) is 7.25. The SMILES string of the molecule is O=C(CCOc1ccccc1)Nc1ccc2c(c1)NC(=O)CO2. The maximum atomic E-state index is 11.9. The Morgan fingerprint density at radius 2 is 2.04 bits per heavy atom. The van der Waals surface area contributed by atoms with Crippen molar-refractivity contribution in [2.24, 2.45) is 0 Å². The lowest BCUT2D eigenvalue weighted by molar-refractivity contribution is -0.118. The number of hydrogen-bond donors (Lipinski definition) is 2. The Morgan fingerprint density at radius 1 is 1.22 bits per heavy atom. The van der Waals surface area contributed by atoms with Crippen LogP contribution in [0.4, 0.5) is 11.4 Å². The third-order valence-electron chi connectivity index (χ3n) is 3.24. The Labute approximate surface area is 133 Å². The number of amides is 2. The fraction of sp³-hybridized carbons (Fsp3) is 0.176. The third-order valence-corrected chi connectivity index (χ3v) is 3.24. The number of ether oxygens (including phenoxy) is 2. The molecule has 1 heterocycles. The molecule has 0 aromatic heterocycles.